The third-order valence-corrected chi connectivity index (χ3v) is 2.04. The molecule has 0 unspecified atom stereocenters. The molecule has 0 spiro atoms. The second-order valence-corrected chi connectivity index (χ2v) is 3.25. The first-order valence-electron chi connectivity index (χ1n) is 5.10. The number of ether oxygens (including phenoxy) is 1. The van der Waals surface area contributed by atoms with Crippen LogP contribution in [0.15, 0.2) is 18.2 Å². The highest BCUT2D eigenvalue weighted by Gasteiger charge is 2.00. The standard InChI is InChI=1S/C13H15FO/c1-3-4-5-6-7-11-8-9-13(15-2)12(14)10-11/h8-10H,3-5H2,1-2H3. The van der Waals surface area contributed by atoms with Crippen molar-refractivity contribution in [3.63, 3.8) is 0 Å². The van der Waals surface area contributed by atoms with Crippen LogP contribution < -0.4 is 4.74 Å². The fraction of sp³-hybridized carbons (Fsp3) is 0.385. The molecule has 1 aromatic carbocycles. The molecule has 15 heavy (non-hydrogen) atoms. The van der Waals surface area contributed by atoms with Crippen LogP contribution in [0.2, 0.25) is 0 Å². The van der Waals surface area contributed by atoms with Crippen LogP contribution >= 0.6 is 0 Å². The Kier molecular flexibility index (Phi) is 4.70. The first-order chi connectivity index (χ1) is 7.27. The van der Waals surface area contributed by atoms with Gasteiger partial charge < -0.3 is 4.74 Å². The van der Waals surface area contributed by atoms with Crippen LogP contribution in [0.4, 0.5) is 4.39 Å². The van der Waals surface area contributed by atoms with Crippen LogP contribution in [0.3, 0.4) is 0 Å². The molecule has 0 aliphatic rings. The van der Waals surface area contributed by atoms with Crippen LogP contribution in [-0.4, -0.2) is 7.11 Å². The molecule has 0 aliphatic carbocycles. The molecule has 0 heterocycles. The highest BCUT2D eigenvalue weighted by molar-refractivity contribution is 5.39. The maximum Gasteiger partial charge on any atom is 0.166 e. The normalized spacial score (nSPS) is 9.27. The Morgan fingerprint density at radius 3 is 2.80 bits per heavy atom. The summed E-state index contributed by atoms with van der Waals surface area (Å²) in [6.07, 6.45) is 3.08. The molecule has 0 atom stereocenters. The van der Waals surface area contributed by atoms with Crippen LogP contribution in [0.5, 0.6) is 5.75 Å². The predicted molar refractivity (Wildman–Crippen MR) is 59.4 cm³/mol. The molecular weight excluding hydrogens is 191 g/mol. The van der Waals surface area contributed by atoms with Gasteiger partial charge >= 0.3 is 0 Å². The number of rotatable bonds is 3. The first kappa shape index (κ1) is 11.6. The summed E-state index contributed by atoms with van der Waals surface area (Å²) in [5, 5.41) is 0. The van der Waals surface area contributed by atoms with Crippen molar-refractivity contribution in [3.05, 3.63) is 29.6 Å². The molecule has 0 radical (unpaired) electrons. The minimum atomic E-state index is -0.361. The summed E-state index contributed by atoms with van der Waals surface area (Å²) in [7, 11) is 1.45. The topological polar surface area (TPSA) is 9.23 Å². The SMILES string of the molecule is CCCCC#Cc1ccc(OC)c(F)c1. The van der Waals surface area contributed by atoms with E-state index >= 15 is 0 Å². The molecule has 0 amide bonds. The van der Waals surface area contributed by atoms with Gasteiger partial charge in [0.2, 0.25) is 0 Å². The van der Waals surface area contributed by atoms with Crippen molar-refractivity contribution in [2.24, 2.45) is 0 Å². The van der Waals surface area contributed by atoms with Crippen LogP contribution in [0.1, 0.15) is 31.7 Å². The predicted octanol–water partition coefficient (Wildman–Crippen LogP) is 3.38. The Labute approximate surface area is 90.3 Å². The fourth-order valence-corrected chi connectivity index (χ4v) is 1.17. The van der Waals surface area contributed by atoms with Gasteiger partial charge in [-0.15, -0.1) is 0 Å². The van der Waals surface area contributed by atoms with E-state index < -0.39 is 0 Å². The highest BCUT2D eigenvalue weighted by Crippen LogP contribution is 2.16. The molecule has 0 N–H and O–H groups in total. The third-order valence-electron chi connectivity index (χ3n) is 2.04. The van der Waals surface area contributed by atoms with E-state index in [1.165, 1.54) is 13.2 Å². The van der Waals surface area contributed by atoms with E-state index in [0.717, 1.165) is 19.3 Å². The van der Waals surface area contributed by atoms with Crippen molar-refractivity contribution in [1.29, 1.82) is 0 Å². The first-order valence-corrected chi connectivity index (χ1v) is 5.10. The number of methoxy groups -OCH3 is 1. The fourth-order valence-electron chi connectivity index (χ4n) is 1.17. The summed E-state index contributed by atoms with van der Waals surface area (Å²) in [5.41, 5.74) is 0.699. The van der Waals surface area contributed by atoms with E-state index in [1.54, 1.807) is 12.1 Å². The summed E-state index contributed by atoms with van der Waals surface area (Å²) >= 11 is 0. The van der Waals surface area contributed by atoms with E-state index in [1.807, 2.05) is 0 Å². The zero-order chi connectivity index (χ0) is 11.1. The average molecular weight is 206 g/mol. The van der Waals surface area contributed by atoms with Crippen molar-refractivity contribution in [2.45, 2.75) is 26.2 Å². The van der Waals surface area contributed by atoms with Gasteiger partial charge in [0.1, 0.15) is 0 Å². The van der Waals surface area contributed by atoms with E-state index in [-0.39, 0.29) is 11.6 Å². The summed E-state index contributed by atoms with van der Waals surface area (Å²) in [4.78, 5) is 0. The summed E-state index contributed by atoms with van der Waals surface area (Å²) in [6, 6.07) is 4.76. The molecule has 0 bridgehead atoms. The van der Waals surface area contributed by atoms with Crippen LogP contribution in [0, 0.1) is 17.7 Å². The Morgan fingerprint density at radius 1 is 1.40 bits per heavy atom. The van der Waals surface area contributed by atoms with Crippen molar-refractivity contribution < 1.29 is 9.13 Å². The van der Waals surface area contributed by atoms with E-state index in [4.69, 9.17) is 4.74 Å². The maximum absolute atomic E-state index is 13.2. The number of hydrogen-bond donors (Lipinski definition) is 0. The van der Waals surface area contributed by atoms with Crippen LogP contribution in [-0.2, 0) is 0 Å². The van der Waals surface area contributed by atoms with Gasteiger partial charge in [0.15, 0.2) is 11.6 Å². The highest BCUT2D eigenvalue weighted by atomic mass is 19.1. The Balaban J connectivity index is 2.69. The molecule has 0 fully saturated rings. The number of unbranched alkanes of at least 4 members (excludes halogenated alkanes) is 2. The minimum Gasteiger partial charge on any atom is -0.494 e. The second kappa shape index (κ2) is 6.08. The van der Waals surface area contributed by atoms with E-state index in [0.29, 0.717) is 5.56 Å². The molecule has 0 saturated heterocycles. The Hall–Kier alpha value is -1.49. The third kappa shape index (κ3) is 3.63. The molecule has 0 aliphatic heterocycles. The molecule has 80 valence electrons. The van der Waals surface area contributed by atoms with Gasteiger partial charge in [-0.1, -0.05) is 25.2 Å². The monoisotopic (exact) mass is 206 g/mol. The molecule has 1 nitrogen and oxygen atoms in total. The molecule has 2 heteroatoms. The summed E-state index contributed by atoms with van der Waals surface area (Å²) < 4.78 is 18.1. The van der Waals surface area contributed by atoms with Crippen molar-refractivity contribution in [2.75, 3.05) is 7.11 Å². The minimum absolute atomic E-state index is 0.258. The van der Waals surface area contributed by atoms with Crippen LogP contribution in [0.25, 0.3) is 0 Å². The molecule has 1 aromatic rings. The number of benzene rings is 1. The second-order valence-electron chi connectivity index (χ2n) is 3.25. The zero-order valence-electron chi connectivity index (χ0n) is 9.14. The van der Waals surface area contributed by atoms with E-state index in [9.17, 15) is 4.39 Å². The zero-order valence-corrected chi connectivity index (χ0v) is 9.14. The lowest BCUT2D eigenvalue weighted by atomic mass is 10.2. The van der Waals surface area contributed by atoms with Gasteiger partial charge in [0.25, 0.3) is 0 Å². The van der Waals surface area contributed by atoms with Crippen molar-refractivity contribution in [3.8, 4) is 17.6 Å². The molecule has 0 saturated carbocycles. The van der Waals surface area contributed by atoms with Gasteiger partial charge in [0.05, 0.1) is 7.11 Å². The Morgan fingerprint density at radius 2 is 2.20 bits per heavy atom. The summed E-state index contributed by atoms with van der Waals surface area (Å²) in [6.45, 7) is 2.12. The number of halogens is 1. The molecular formula is C13H15FO. The van der Waals surface area contributed by atoms with Crippen molar-refractivity contribution in [1.82, 2.24) is 0 Å². The maximum atomic E-state index is 13.2. The lowest BCUT2D eigenvalue weighted by molar-refractivity contribution is 0.386. The lowest BCUT2D eigenvalue weighted by Crippen LogP contribution is -1.88. The number of hydrogen-bond acceptors (Lipinski definition) is 1. The quantitative estimate of drug-likeness (QED) is 0.544. The lowest BCUT2D eigenvalue weighted by Gasteiger charge is -2.00. The van der Waals surface area contributed by atoms with E-state index in [2.05, 4.69) is 18.8 Å². The van der Waals surface area contributed by atoms with Crippen molar-refractivity contribution >= 4 is 0 Å². The summed E-state index contributed by atoms with van der Waals surface area (Å²) in [5.74, 6) is 5.83. The van der Waals surface area contributed by atoms with Gasteiger partial charge in [-0.25, -0.2) is 4.39 Å². The molecule has 1 rings (SSSR count). The van der Waals surface area contributed by atoms with Gasteiger partial charge in [-0.3, -0.25) is 0 Å². The smallest absolute Gasteiger partial charge is 0.166 e. The van der Waals surface area contributed by atoms with Gasteiger partial charge in [0, 0.05) is 12.0 Å². The Bertz CT molecular complexity index is 374. The average Bonchev–Trinajstić information content (AvgIpc) is 2.25. The van der Waals surface area contributed by atoms with Gasteiger partial charge in [-0.2, -0.15) is 0 Å². The largest absolute Gasteiger partial charge is 0.494 e. The molecule has 0 aromatic heterocycles. The van der Waals surface area contributed by atoms with Gasteiger partial charge in [-0.05, 0) is 24.6 Å².